The molecule has 1 atom stereocenters. The third-order valence-electron chi connectivity index (χ3n) is 7.59. The maximum atomic E-state index is 13.8. The lowest BCUT2D eigenvalue weighted by Crippen LogP contribution is -2.47. The quantitative estimate of drug-likeness (QED) is 0.316. The zero-order valence-corrected chi connectivity index (χ0v) is 24.8. The van der Waals surface area contributed by atoms with E-state index < -0.39 is 23.3 Å². The average Bonchev–Trinajstić information content (AvgIpc) is 3.25. The van der Waals surface area contributed by atoms with Crippen LogP contribution in [0.1, 0.15) is 24.0 Å². The predicted molar refractivity (Wildman–Crippen MR) is 156 cm³/mol. The fourth-order valence-electron chi connectivity index (χ4n) is 5.21. The molecule has 5 heterocycles. The second kappa shape index (κ2) is 13.5. The molecule has 3 aromatic rings. The van der Waals surface area contributed by atoms with Gasteiger partial charge in [-0.15, -0.1) is 0 Å². The normalized spacial score (nSPS) is 18.5. The van der Waals surface area contributed by atoms with E-state index in [1.807, 2.05) is 6.20 Å². The summed E-state index contributed by atoms with van der Waals surface area (Å²) in [6.45, 7) is 8.38. The highest BCUT2D eigenvalue weighted by atomic mass is 32.2. The zero-order valence-electron chi connectivity index (χ0n) is 24.0. The van der Waals surface area contributed by atoms with E-state index in [9.17, 15) is 22.1 Å². The molecule has 0 amide bonds. The van der Waals surface area contributed by atoms with Crippen molar-refractivity contribution in [1.82, 2.24) is 24.8 Å². The van der Waals surface area contributed by atoms with Crippen molar-refractivity contribution in [3.63, 3.8) is 0 Å². The van der Waals surface area contributed by atoms with E-state index in [4.69, 9.17) is 29.8 Å². The van der Waals surface area contributed by atoms with Crippen molar-refractivity contribution in [2.24, 2.45) is 0 Å². The van der Waals surface area contributed by atoms with Crippen molar-refractivity contribution in [1.29, 1.82) is 0 Å². The minimum atomic E-state index is -5.08. The second-order valence-electron chi connectivity index (χ2n) is 10.4. The van der Waals surface area contributed by atoms with Gasteiger partial charge in [0.15, 0.2) is 5.82 Å². The third-order valence-corrected chi connectivity index (χ3v) is 9.05. The van der Waals surface area contributed by atoms with E-state index in [1.165, 1.54) is 12.1 Å². The summed E-state index contributed by atoms with van der Waals surface area (Å²) in [5.74, 6) is -0.511. The van der Waals surface area contributed by atoms with Crippen LogP contribution in [0.4, 0.5) is 40.8 Å². The van der Waals surface area contributed by atoms with Crippen LogP contribution in [0.15, 0.2) is 35.4 Å². The lowest BCUT2D eigenvalue weighted by atomic mass is 10.2. The van der Waals surface area contributed by atoms with E-state index >= 15 is 0 Å². The predicted octanol–water partition coefficient (Wildman–Crippen LogP) is 3.19. The molecule has 2 aromatic heterocycles. The maximum absolute atomic E-state index is 13.8. The molecule has 0 saturated carbocycles. The number of aryl methyl sites for hydroxylation is 1. The topological polar surface area (TPSA) is 134 Å². The molecule has 1 saturated heterocycles. The molecule has 11 nitrogen and oxygen atoms in total. The molecule has 1 fully saturated rings. The maximum Gasteiger partial charge on any atom is 0.490 e. The minimum Gasteiger partial charge on any atom is -0.611 e. The molecule has 16 heteroatoms. The van der Waals surface area contributed by atoms with Gasteiger partial charge >= 0.3 is 12.1 Å². The lowest BCUT2D eigenvalue weighted by molar-refractivity contribution is -0.192. The molecule has 6 rings (SSSR count). The standard InChI is InChI=1S/C26H31FN8OS.C2HF3O2/c1-2-33-9-6-20-21(7-10-33)30-23(17-28-20)34-11-13-35(14-12-34)26-31-22-8-15-37(36)24(22)25(32-26)29-19-5-3-4-18(27)16-19;3-2(4,5)1(6)7/h3-5,16-17H,2,6-15H2,1H3,(H,29,31,32);(H,6,7). The molecular weight excluding hydrogens is 604 g/mol. The monoisotopic (exact) mass is 636 g/mol. The molecule has 0 radical (unpaired) electrons. The highest BCUT2D eigenvalue weighted by molar-refractivity contribution is 7.91. The number of carboxylic acids is 1. The fourth-order valence-corrected chi connectivity index (χ4v) is 6.51. The van der Waals surface area contributed by atoms with Gasteiger partial charge in [0, 0.05) is 64.2 Å². The van der Waals surface area contributed by atoms with Crippen molar-refractivity contribution in [3.8, 4) is 0 Å². The summed E-state index contributed by atoms with van der Waals surface area (Å²) < 4.78 is 58.2. The Bertz CT molecular complexity index is 1490. The van der Waals surface area contributed by atoms with Crippen LogP contribution < -0.4 is 15.1 Å². The first kappa shape index (κ1) is 31.7. The number of aromatic nitrogens is 4. The number of benzene rings is 1. The van der Waals surface area contributed by atoms with Gasteiger partial charge in [-0.05, 0) is 35.9 Å². The van der Waals surface area contributed by atoms with Crippen LogP contribution in [0.25, 0.3) is 0 Å². The van der Waals surface area contributed by atoms with Crippen molar-refractivity contribution < 1.29 is 32.0 Å². The Morgan fingerprint density at radius 2 is 1.68 bits per heavy atom. The van der Waals surface area contributed by atoms with Crippen LogP contribution in [-0.4, -0.2) is 98.2 Å². The molecule has 3 aliphatic heterocycles. The Labute approximate surface area is 254 Å². The number of aliphatic carboxylic acids is 1. The number of carboxylic acid groups (broad SMARTS) is 1. The number of fused-ring (bicyclic) bond motifs is 2. The largest absolute Gasteiger partial charge is 0.611 e. The molecule has 3 aliphatic rings. The Kier molecular flexibility index (Phi) is 9.70. The van der Waals surface area contributed by atoms with E-state index in [1.54, 1.807) is 12.1 Å². The molecule has 1 aromatic carbocycles. The van der Waals surface area contributed by atoms with Gasteiger partial charge in [-0.1, -0.05) is 13.0 Å². The van der Waals surface area contributed by atoms with Gasteiger partial charge in [0.05, 0.1) is 17.6 Å². The van der Waals surface area contributed by atoms with Crippen molar-refractivity contribution >= 4 is 40.4 Å². The number of alkyl halides is 3. The number of likely N-dealkylation sites (N-methyl/N-ethyl adjacent to an activating group) is 1. The number of piperazine rings is 1. The van der Waals surface area contributed by atoms with Crippen LogP contribution >= 0.6 is 0 Å². The highest BCUT2D eigenvalue weighted by Crippen LogP contribution is 2.34. The number of halogens is 4. The van der Waals surface area contributed by atoms with E-state index in [0.717, 1.165) is 81.6 Å². The summed E-state index contributed by atoms with van der Waals surface area (Å²) in [4.78, 5) is 35.7. The highest BCUT2D eigenvalue weighted by Gasteiger charge is 2.38. The lowest BCUT2D eigenvalue weighted by Gasteiger charge is -2.35. The Morgan fingerprint density at radius 1 is 1.00 bits per heavy atom. The second-order valence-corrected chi connectivity index (χ2v) is 11.9. The third kappa shape index (κ3) is 7.47. The fraction of sp³-hybridized carbons (Fsp3) is 0.464. The van der Waals surface area contributed by atoms with Gasteiger partial charge in [0.1, 0.15) is 23.1 Å². The summed E-state index contributed by atoms with van der Waals surface area (Å²) >= 11 is -1.16. The Morgan fingerprint density at radius 3 is 2.34 bits per heavy atom. The summed E-state index contributed by atoms with van der Waals surface area (Å²) in [5, 5.41) is 10.3. The minimum absolute atomic E-state index is 0.336. The van der Waals surface area contributed by atoms with Gasteiger partial charge < -0.3 is 29.7 Å². The molecule has 1 unspecified atom stereocenters. The molecule has 2 N–H and O–H groups in total. The number of carbonyl (C=O) groups is 1. The van der Waals surface area contributed by atoms with Gasteiger partial charge in [-0.3, -0.25) is 4.98 Å². The first-order valence-electron chi connectivity index (χ1n) is 14.2. The van der Waals surface area contributed by atoms with Crippen molar-refractivity contribution in [2.45, 2.75) is 37.3 Å². The number of anilines is 4. The van der Waals surface area contributed by atoms with Crippen LogP contribution in [0.5, 0.6) is 0 Å². The van der Waals surface area contributed by atoms with Crippen molar-refractivity contribution in [3.05, 3.63) is 53.4 Å². The Hall–Kier alpha value is -3.76. The smallest absolute Gasteiger partial charge is 0.490 e. The Balaban J connectivity index is 0.000000493. The van der Waals surface area contributed by atoms with Gasteiger partial charge in [-0.2, -0.15) is 18.2 Å². The molecular formula is C28H32F4N8O3S. The summed E-state index contributed by atoms with van der Waals surface area (Å²) in [7, 11) is 0. The van der Waals surface area contributed by atoms with E-state index in [0.29, 0.717) is 34.5 Å². The van der Waals surface area contributed by atoms with Crippen LogP contribution in [0.2, 0.25) is 0 Å². The molecule has 0 bridgehead atoms. The number of rotatable bonds is 5. The molecule has 0 spiro atoms. The number of nitrogens with one attached hydrogen (secondary N) is 1. The molecule has 0 aliphatic carbocycles. The number of hydrogen-bond donors (Lipinski definition) is 2. The summed E-state index contributed by atoms with van der Waals surface area (Å²) in [5.41, 5.74) is 3.63. The number of hydrogen-bond acceptors (Lipinski definition) is 10. The molecule has 236 valence electrons. The van der Waals surface area contributed by atoms with Crippen LogP contribution in [0.3, 0.4) is 0 Å². The summed E-state index contributed by atoms with van der Waals surface area (Å²) in [6.07, 6.45) is -0.625. The van der Waals surface area contributed by atoms with Crippen molar-refractivity contribution in [2.75, 3.05) is 66.7 Å². The van der Waals surface area contributed by atoms with Crippen LogP contribution in [-0.2, 0) is 35.2 Å². The molecule has 44 heavy (non-hydrogen) atoms. The van der Waals surface area contributed by atoms with Gasteiger partial charge in [-0.25, -0.2) is 19.2 Å². The first-order chi connectivity index (χ1) is 21.0. The average molecular weight is 637 g/mol. The number of nitrogens with zero attached hydrogens (tertiary/aromatic N) is 7. The zero-order chi connectivity index (χ0) is 31.4. The summed E-state index contributed by atoms with van der Waals surface area (Å²) in [6, 6.07) is 6.22. The SMILES string of the molecule is CCN1CCc2ncc(N3CCN(c4nc5c(c(Nc6cccc(F)c6)n4)[S+]([O-])CC5)CC3)nc2CC1.O=C(O)C(F)(F)F. The van der Waals surface area contributed by atoms with Crippen LogP contribution in [0, 0.1) is 5.82 Å². The van der Waals surface area contributed by atoms with Gasteiger partial charge in [0.25, 0.3) is 0 Å². The van der Waals surface area contributed by atoms with E-state index in [2.05, 4.69) is 26.9 Å². The van der Waals surface area contributed by atoms with E-state index in [-0.39, 0.29) is 5.82 Å². The first-order valence-corrected chi connectivity index (χ1v) is 15.5. The van der Waals surface area contributed by atoms with Gasteiger partial charge in [0.2, 0.25) is 10.8 Å².